The van der Waals surface area contributed by atoms with Crippen molar-refractivity contribution < 1.29 is 4.92 Å². The normalized spacial score (nSPS) is 10.7. The smallest absolute Gasteiger partial charge is 0.258 e. The number of hydrogen-bond donors (Lipinski definition) is 0. The molecule has 3 aromatic rings. The van der Waals surface area contributed by atoms with E-state index in [1.807, 2.05) is 18.2 Å². The number of hydrogen-bond acceptors (Lipinski definition) is 5. The highest BCUT2D eigenvalue weighted by molar-refractivity contribution is 7.21. The van der Waals surface area contributed by atoms with Crippen molar-refractivity contribution in [1.82, 2.24) is 9.97 Å². The van der Waals surface area contributed by atoms with Crippen LogP contribution in [0.2, 0.25) is 0 Å². The Morgan fingerprint density at radius 1 is 1.22 bits per heavy atom. The van der Waals surface area contributed by atoms with Gasteiger partial charge in [0, 0.05) is 23.9 Å². The van der Waals surface area contributed by atoms with Gasteiger partial charge in [0.25, 0.3) is 5.69 Å². The SMILES string of the molecule is O=[N+]([O-])c1cccc(-c2nc3cccnc3s2)c1. The van der Waals surface area contributed by atoms with E-state index in [0.717, 1.165) is 20.9 Å². The maximum absolute atomic E-state index is 10.7. The summed E-state index contributed by atoms with van der Waals surface area (Å²) in [6.45, 7) is 0. The molecule has 0 saturated heterocycles. The lowest BCUT2D eigenvalue weighted by Crippen LogP contribution is -1.87. The van der Waals surface area contributed by atoms with E-state index in [1.54, 1.807) is 12.3 Å². The number of aromatic nitrogens is 2. The number of non-ortho nitro benzene ring substituents is 1. The second kappa shape index (κ2) is 4.15. The van der Waals surface area contributed by atoms with Crippen LogP contribution in [0.15, 0.2) is 42.6 Å². The van der Waals surface area contributed by atoms with Crippen molar-refractivity contribution in [3.05, 3.63) is 52.7 Å². The summed E-state index contributed by atoms with van der Waals surface area (Å²) in [5, 5.41) is 11.5. The summed E-state index contributed by atoms with van der Waals surface area (Å²) in [5.41, 5.74) is 1.62. The minimum Gasteiger partial charge on any atom is -0.258 e. The van der Waals surface area contributed by atoms with Crippen LogP contribution in [0.25, 0.3) is 20.9 Å². The first-order chi connectivity index (χ1) is 8.74. The van der Waals surface area contributed by atoms with Gasteiger partial charge in [-0.05, 0) is 12.1 Å². The van der Waals surface area contributed by atoms with Gasteiger partial charge in [-0.1, -0.05) is 23.5 Å². The number of nitro benzene ring substituents is 1. The minimum absolute atomic E-state index is 0.0692. The summed E-state index contributed by atoms with van der Waals surface area (Å²) >= 11 is 1.43. The number of pyridine rings is 1. The molecule has 0 spiro atoms. The topological polar surface area (TPSA) is 68.9 Å². The molecule has 0 radical (unpaired) electrons. The highest BCUT2D eigenvalue weighted by Gasteiger charge is 2.10. The molecule has 2 aromatic heterocycles. The molecule has 6 heteroatoms. The Labute approximate surface area is 106 Å². The fourth-order valence-electron chi connectivity index (χ4n) is 1.65. The molecule has 0 aliphatic carbocycles. The first kappa shape index (κ1) is 10.8. The van der Waals surface area contributed by atoms with Crippen molar-refractivity contribution in [2.45, 2.75) is 0 Å². The van der Waals surface area contributed by atoms with Crippen LogP contribution in [-0.4, -0.2) is 14.9 Å². The monoisotopic (exact) mass is 257 g/mol. The quantitative estimate of drug-likeness (QED) is 0.522. The zero-order chi connectivity index (χ0) is 12.5. The van der Waals surface area contributed by atoms with E-state index in [-0.39, 0.29) is 5.69 Å². The van der Waals surface area contributed by atoms with Gasteiger partial charge >= 0.3 is 0 Å². The Morgan fingerprint density at radius 2 is 2.11 bits per heavy atom. The summed E-state index contributed by atoms with van der Waals surface area (Å²) in [4.78, 5) is 19.8. The predicted octanol–water partition coefficient (Wildman–Crippen LogP) is 3.27. The van der Waals surface area contributed by atoms with E-state index in [9.17, 15) is 10.1 Å². The van der Waals surface area contributed by atoms with Gasteiger partial charge in [0.05, 0.1) is 4.92 Å². The summed E-state index contributed by atoms with van der Waals surface area (Å²) in [6.07, 6.45) is 1.71. The highest BCUT2D eigenvalue weighted by atomic mass is 32.1. The summed E-state index contributed by atoms with van der Waals surface area (Å²) in [5.74, 6) is 0. The van der Waals surface area contributed by atoms with Gasteiger partial charge in [0.1, 0.15) is 15.4 Å². The maximum Gasteiger partial charge on any atom is 0.270 e. The Morgan fingerprint density at radius 3 is 2.89 bits per heavy atom. The minimum atomic E-state index is -0.408. The van der Waals surface area contributed by atoms with Gasteiger partial charge < -0.3 is 0 Å². The van der Waals surface area contributed by atoms with Crippen molar-refractivity contribution in [3.63, 3.8) is 0 Å². The molecule has 0 amide bonds. The van der Waals surface area contributed by atoms with E-state index in [1.165, 1.54) is 23.5 Å². The molecule has 3 rings (SSSR count). The molecular formula is C12H7N3O2S. The average Bonchev–Trinajstić information content (AvgIpc) is 2.82. The van der Waals surface area contributed by atoms with Crippen LogP contribution in [0.4, 0.5) is 5.69 Å². The third kappa shape index (κ3) is 1.82. The third-order valence-electron chi connectivity index (χ3n) is 2.47. The molecule has 1 aromatic carbocycles. The lowest BCUT2D eigenvalue weighted by molar-refractivity contribution is -0.384. The molecule has 0 aliphatic rings. The molecule has 0 fully saturated rings. The van der Waals surface area contributed by atoms with Crippen molar-refractivity contribution in [2.75, 3.05) is 0 Å². The number of thiazole rings is 1. The highest BCUT2D eigenvalue weighted by Crippen LogP contribution is 2.30. The molecule has 88 valence electrons. The molecule has 0 aliphatic heterocycles. The number of nitrogens with zero attached hydrogens (tertiary/aromatic N) is 3. The van der Waals surface area contributed by atoms with Gasteiger partial charge in [0.15, 0.2) is 0 Å². The second-order valence-corrected chi connectivity index (χ2v) is 4.63. The molecule has 18 heavy (non-hydrogen) atoms. The van der Waals surface area contributed by atoms with Crippen LogP contribution in [0.3, 0.4) is 0 Å². The van der Waals surface area contributed by atoms with Crippen molar-refractivity contribution >= 4 is 27.4 Å². The van der Waals surface area contributed by atoms with E-state index in [0.29, 0.717) is 0 Å². The van der Waals surface area contributed by atoms with Crippen LogP contribution in [0.1, 0.15) is 0 Å². The standard InChI is InChI=1S/C12H7N3O2S/c16-15(17)9-4-1-3-8(7-9)11-14-10-5-2-6-13-12(10)18-11/h1-7H. The van der Waals surface area contributed by atoms with E-state index < -0.39 is 4.92 Å². The van der Waals surface area contributed by atoms with Gasteiger partial charge in [0.2, 0.25) is 0 Å². The summed E-state index contributed by atoms with van der Waals surface area (Å²) in [7, 11) is 0. The predicted molar refractivity (Wildman–Crippen MR) is 69.5 cm³/mol. The zero-order valence-electron chi connectivity index (χ0n) is 9.11. The van der Waals surface area contributed by atoms with E-state index >= 15 is 0 Å². The van der Waals surface area contributed by atoms with E-state index in [2.05, 4.69) is 9.97 Å². The molecular weight excluding hydrogens is 250 g/mol. The van der Waals surface area contributed by atoms with Crippen molar-refractivity contribution in [1.29, 1.82) is 0 Å². The summed E-state index contributed by atoms with van der Waals surface area (Å²) < 4.78 is 0. The van der Waals surface area contributed by atoms with Crippen LogP contribution < -0.4 is 0 Å². The molecule has 5 nitrogen and oxygen atoms in total. The Kier molecular flexibility index (Phi) is 2.49. The number of fused-ring (bicyclic) bond motifs is 1. The lowest BCUT2D eigenvalue weighted by atomic mass is 10.2. The number of nitro groups is 1. The third-order valence-corrected chi connectivity index (χ3v) is 3.50. The molecule has 0 saturated carbocycles. The van der Waals surface area contributed by atoms with Gasteiger partial charge in [-0.2, -0.15) is 0 Å². The Balaban J connectivity index is 2.13. The average molecular weight is 257 g/mol. The number of benzene rings is 1. The molecule has 0 N–H and O–H groups in total. The zero-order valence-corrected chi connectivity index (χ0v) is 9.92. The maximum atomic E-state index is 10.7. The van der Waals surface area contributed by atoms with Gasteiger partial charge in [-0.3, -0.25) is 10.1 Å². The number of rotatable bonds is 2. The van der Waals surface area contributed by atoms with Crippen LogP contribution >= 0.6 is 11.3 Å². The fraction of sp³-hybridized carbons (Fsp3) is 0. The second-order valence-electron chi connectivity index (χ2n) is 3.65. The van der Waals surface area contributed by atoms with Crippen molar-refractivity contribution in [3.8, 4) is 10.6 Å². The van der Waals surface area contributed by atoms with Crippen LogP contribution in [0, 0.1) is 10.1 Å². The molecule has 2 heterocycles. The molecule has 0 unspecified atom stereocenters. The first-order valence-electron chi connectivity index (χ1n) is 5.20. The molecule has 0 atom stereocenters. The van der Waals surface area contributed by atoms with E-state index in [4.69, 9.17) is 0 Å². The Bertz CT molecular complexity index is 706. The van der Waals surface area contributed by atoms with Gasteiger partial charge in [-0.25, -0.2) is 9.97 Å². The van der Waals surface area contributed by atoms with Crippen molar-refractivity contribution in [2.24, 2.45) is 0 Å². The Hall–Kier alpha value is -2.34. The summed E-state index contributed by atoms with van der Waals surface area (Å²) in [6, 6.07) is 10.2. The van der Waals surface area contributed by atoms with Gasteiger partial charge in [-0.15, -0.1) is 0 Å². The van der Waals surface area contributed by atoms with Crippen LogP contribution in [-0.2, 0) is 0 Å². The lowest BCUT2D eigenvalue weighted by Gasteiger charge is -1.95. The first-order valence-corrected chi connectivity index (χ1v) is 6.02. The van der Waals surface area contributed by atoms with Crippen LogP contribution in [0.5, 0.6) is 0 Å². The largest absolute Gasteiger partial charge is 0.270 e. The molecule has 0 bridgehead atoms. The fourth-order valence-corrected chi connectivity index (χ4v) is 2.55.